The normalized spacial score (nSPS) is 14.9. The first-order chi connectivity index (χ1) is 6.74. The summed E-state index contributed by atoms with van der Waals surface area (Å²) >= 11 is 0. The minimum atomic E-state index is -0.0693. The molecule has 0 spiro atoms. The van der Waals surface area contributed by atoms with E-state index in [9.17, 15) is 4.79 Å². The second-order valence-corrected chi connectivity index (χ2v) is 3.21. The Morgan fingerprint density at radius 3 is 3.00 bits per heavy atom. The molecule has 0 saturated heterocycles. The van der Waals surface area contributed by atoms with Gasteiger partial charge in [0.05, 0.1) is 0 Å². The van der Waals surface area contributed by atoms with Gasteiger partial charge in [-0.05, 0) is 24.6 Å². The fourth-order valence-electron chi connectivity index (χ4n) is 1.29. The molecule has 0 unspecified atom stereocenters. The summed E-state index contributed by atoms with van der Waals surface area (Å²) in [7, 11) is 0. The average Bonchev–Trinajstić information content (AvgIpc) is 2.51. The van der Waals surface area contributed by atoms with E-state index in [1.807, 2.05) is 31.2 Å². The first kappa shape index (κ1) is 8.74. The van der Waals surface area contributed by atoms with Gasteiger partial charge in [-0.25, -0.2) is 4.99 Å². The summed E-state index contributed by atoms with van der Waals surface area (Å²) < 4.78 is 0. The van der Waals surface area contributed by atoms with Gasteiger partial charge in [0, 0.05) is 5.69 Å². The van der Waals surface area contributed by atoms with Crippen LogP contribution in [0.3, 0.4) is 0 Å². The number of guanidine groups is 1. The maximum Gasteiger partial charge on any atom is 0.248 e. The van der Waals surface area contributed by atoms with Crippen LogP contribution in [-0.4, -0.2) is 18.4 Å². The predicted octanol–water partition coefficient (Wildman–Crippen LogP) is 0.893. The van der Waals surface area contributed by atoms with Gasteiger partial charge in [0.2, 0.25) is 11.9 Å². The van der Waals surface area contributed by atoms with Gasteiger partial charge in [-0.3, -0.25) is 10.1 Å². The highest BCUT2D eigenvalue weighted by Crippen LogP contribution is 2.09. The van der Waals surface area contributed by atoms with Gasteiger partial charge < -0.3 is 5.32 Å². The van der Waals surface area contributed by atoms with Gasteiger partial charge in [-0.15, -0.1) is 0 Å². The number of aryl methyl sites for hydroxylation is 1. The molecule has 0 radical (unpaired) electrons. The quantitative estimate of drug-likeness (QED) is 0.689. The number of benzene rings is 1. The van der Waals surface area contributed by atoms with E-state index in [0.717, 1.165) is 5.69 Å². The summed E-state index contributed by atoms with van der Waals surface area (Å²) in [5, 5.41) is 5.65. The molecule has 0 saturated carbocycles. The maximum absolute atomic E-state index is 10.8. The second-order valence-electron chi connectivity index (χ2n) is 3.21. The monoisotopic (exact) mass is 189 g/mol. The molecule has 2 rings (SSSR count). The van der Waals surface area contributed by atoms with Crippen LogP contribution in [0.5, 0.6) is 0 Å². The Morgan fingerprint density at radius 1 is 1.50 bits per heavy atom. The van der Waals surface area contributed by atoms with E-state index in [0.29, 0.717) is 5.96 Å². The van der Waals surface area contributed by atoms with Crippen molar-refractivity contribution in [1.29, 1.82) is 0 Å². The highest BCUT2D eigenvalue weighted by atomic mass is 16.2. The lowest BCUT2D eigenvalue weighted by molar-refractivity contribution is -0.117. The van der Waals surface area contributed by atoms with Crippen molar-refractivity contribution in [3.8, 4) is 0 Å². The molecule has 1 aromatic rings. The number of nitrogens with one attached hydrogen (secondary N) is 2. The summed E-state index contributed by atoms with van der Waals surface area (Å²) in [6.45, 7) is 2.23. The third-order valence-electron chi connectivity index (χ3n) is 1.92. The van der Waals surface area contributed by atoms with Crippen LogP contribution >= 0.6 is 0 Å². The van der Waals surface area contributed by atoms with Crippen molar-refractivity contribution < 1.29 is 4.79 Å². The molecule has 72 valence electrons. The van der Waals surface area contributed by atoms with Gasteiger partial charge in [-0.1, -0.05) is 12.1 Å². The standard InChI is InChI=1S/C10H11N3O/c1-7-3-2-4-8(5-7)12-10-11-6-9(14)13-10/h2-5H,6H2,1H3,(H2,11,12,13,14). The lowest BCUT2D eigenvalue weighted by Gasteiger charge is -2.05. The van der Waals surface area contributed by atoms with Crippen molar-refractivity contribution in [3.63, 3.8) is 0 Å². The zero-order valence-corrected chi connectivity index (χ0v) is 7.87. The summed E-state index contributed by atoms with van der Waals surface area (Å²) in [5.74, 6) is 0.459. The molecule has 4 nitrogen and oxygen atoms in total. The molecule has 0 aliphatic carbocycles. The van der Waals surface area contributed by atoms with E-state index < -0.39 is 0 Å². The van der Waals surface area contributed by atoms with Crippen LogP contribution in [0, 0.1) is 6.92 Å². The molecule has 0 fully saturated rings. The Morgan fingerprint density at radius 2 is 2.36 bits per heavy atom. The van der Waals surface area contributed by atoms with E-state index >= 15 is 0 Å². The zero-order valence-electron chi connectivity index (χ0n) is 7.87. The summed E-state index contributed by atoms with van der Waals surface area (Å²) in [5.41, 5.74) is 2.10. The van der Waals surface area contributed by atoms with E-state index in [1.54, 1.807) is 0 Å². The van der Waals surface area contributed by atoms with Crippen LogP contribution in [-0.2, 0) is 4.79 Å². The van der Waals surface area contributed by atoms with Crippen LogP contribution in [0.4, 0.5) is 5.69 Å². The number of amides is 1. The molecular weight excluding hydrogens is 178 g/mol. The van der Waals surface area contributed by atoms with Gasteiger partial charge in [0.15, 0.2) is 0 Å². The number of carbonyl (C=O) groups excluding carboxylic acids is 1. The smallest absolute Gasteiger partial charge is 0.248 e. The SMILES string of the molecule is Cc1cccc(NC2=NCC(=O)N2)c1. The van der Waals surface area contributed by atoms with E-state index in [-0.39, 0.29) is 12.5 Å². The Labute approximate surface area is 82.0 Å². The summed E-state index contributed by atoms with van der Waals surface area (Å²) in [4.78, 5) is 14.8. The lowest BCUT2D eigenvalue weighted by Crippen LogP contribution is -2.30. The lowest BCUT2D eigenvalue weighted by atomic mass is 10.2. The minimum Gasteiger partial charge on any atom is -0.326 e. The zero-order chi connectivity index (χ0) is 9.97. The molecule has 1 amide bonds. The van der Waals surface area contributed by atoms with Crippen LogP contribution in [0.2, 0.25) is 0 Å². The Bertz CT molecular complexity index is 398. The Hall–Kier alpha value is -1.84. The van der Waals surface area contributed by atoms with E-state index in [4.69, 9.17) is 0 Å². The summed E-state index contributed by atoms with van der Waals surface area (Å²) in [6.07, 6.45) is 0. The predicted molar refractivity (Wildman–Crippen MR) is 55.2 cm³/mol. The molecule has 1 aliphatic rings. The number of rotatable bonds is 1. The fourth-order valence-corrected chi connectivity index (χ4v) is 1.29. The van der Waals surface area contributed by atoms with Crippen LogP contribution in [0.1, 0.15) is 5.56 Å². The third kappa shape index (κ3) is 1.90. The first-order valence-corrected chi connectivity index (χ1v) is 4.42. The van der Waals surface area contributed by atoms with Crippen molar-refractivity contribution in [2.24, 2.45) is 4.99 Å². The number of hydrogen-bond donors (Lipinski definition) is 2. The molecule has 1 aliphatic heterocycles. The largest absolute Gasteiger partial charge is 0.326 e. The molecule has 1 heterocycles. The highest BCUT2D eigenvalue weighted by Gasteiger charge is 2.12. The Kier molecular flexibility index (Phi) is 2.18. The van der Waals surface area contributed by atoms with Gasteiger partial charge in [0.25, 0.3) is 0 Å². The molecule has 0 aromatic heterocycles. The van der Waals surface area contributed by atoms with Crippen LogP contribution < -0.4 is 10.6 Å². The molecule has 14 heavy (non-hydrogen) atoms. The summed E-state index contributed by atoms with van der Waals surface area (Å²) in [6, 6.07) is 7.89. The maximum atomic E-state index is 10.8. The average molecular weight is 189 g/mol. The van der Waals surface area contributed by atoms with Gasteiger partial charge in [0.1, 0.15) is 6.54 Å². The molecule has 2 N–H and O–H groups in total. The van der Waals surface area contributed by atoms with Gasteiger partial charge in [-0.2, -0.15) is 0 Å². The first-order valence-electron chi connectivity index (χ1n) is 4.42. The van der Waals surface area contributed by atoms with Crippen LogP contribution in [0.25, 0.3) is 0 Å². The van der Waals surface area contributed by atoms with E-state index in [2.05, 4.69) is 15.6 Å². The van der Waals surface area contributed by atoms with Crippen molar-refractivity contribution in [1.82, 2.24) is 5.32 Å². The second kappa shape index (κ2) is 3.49. The molecule has 0 bridgehead atoms. The number of anilines is 1. The third-order valence-corrected chi connectivity index (χ3v) is 1.92. The minimum absolute atomic E-state index is 0.0693. The Balaban J connectivity index is 2.08. The molecule has 0 atom stereocenters. The van der Waals surface area contributed by atoms with Gasteiger partial charge >= 0.3 is 0 Å². The number of hydrogen-bond acceptors (Lipinski definition) is 3. The molecular formula is C10H11N3O. The molecule has 4 heteroatoms. The fraction of sp³-hybridized carbons (Fsp3) is 0.200. The van der Waals surface area contributed by atoms with Crippen molar-refractivity contribution >= 4 is 17.6 Å². The topological polar surface area (TPSA) is 53.5 Å². The van der Waals surface area contributed by atoms with Crippen molar-refractivity contribution in [2.45, 2.75) is 6.92 Å². The highest BCUT2D eigenvalue weighted by molar-refractivity contribution is 6.08. The number of aliphatic imine (C=N–C) groups is 1. The van der Waals surface area contributed by atoms with Crippen molar-refractivity contribution in [2.75, 3.05) is 11.9 Å². The number of nitrogens with zero attached hydrogens (tertiary/aromatic N) is 1. The number of carbonyl (C=O) groups is 1. The van der Waals surface area contributed by atoms with Crippen molar-refractivity contribution in [3.05, 3.63) is 29.8 Å². The van der Waals surface area contributed by atoms with Crippen LogP contribution in [0.15, 0.2) is 29.3 Å². The van der Waals surface area contributed by atoms with E-state index in [1.165, 1.54) is 5.56 Å². The molecule has 1 aromatic carbocycles.